The first-order valence-electron chi connectivity index (χ1n) is 20.2. The van der Waals surface area contributed by atoms with E-state index in [0.29, 0.717) is 51.1 Å². The second-order valence-electron chi connectivity index (χ2n) is 17.0. The van der Waals surface area contributed by atoms with Crippen LogP contribution in [0.1, 0.15) is 66.6 Å². The zero-order chi connectivity index (χ0) is 42.7. The van der Waals surface area contributed by atoms with E-state index in [1.807, 2.05) is 18.2 Å². The highest BCUT2D eigenvalue weighted by Gasteiger charge is 2.49. The average Bonchev–Trinajstić information content (AvgIpc) is 3.99. The topological polar surface area (TPSA) is 147 Å². The zero-order valence-corrected chi connectivity index (χ0v) is 35.1. The van der Waals surface area contributed by atoms with Crippen molar-refractivity contribution in [2.45, 2.75) is 82.1 Å². The minimum atomic E-state index is -4.37. The quantitative estimate of drug-likeness (QED) is 0.178. The maximum Gasteiger partial charge on any atom is 0.338 e. The molecule has 0 saturated carbocycles. The predicted molar refractivity (Wildman–Crippen MR) is 222 cm³/mol. The molecule has 2 fully saturated rings. The van der Waals surface area contributed by atoms with E-state index in [-0.39, 0.29) is 65.4 Å². The lowest BCUT2D eigenvalue weighted by Gasteiger charge is -2.44. The third kappa shape index (κ3) is 6.10. The fourth-order valence-electron chi connectivity index (χ4n) is 9.76. The molecule has 3 aromatic carbocycles. The monoisotopic (exact) mass is 847 g/mol. The number of hydrogen-bond donors (Lipinski definition) is 0. The molecule has 0 spiro atoms. The number of benzene rings is 3. The molecule has 0 radical (unpaired) electrons. The number of morpholine rings is 1. The van der Waals surface area contributed by atoms with Crippen molar-refractivity contribution in [2.75, 3.05) is 19.8 Å². The van der Waals surface area contributed by atoms with Crippen LogP contribution in [0.5, 0.6) is 0 Å². The van der Waals surface area contributed by atoms with Crippen molar-refractivity contribution in [3.05, 3.63) is 117 Å². The van der Waals surface area contributed by atoms with Gasteiger partial charge in [0.25, 0.3) is 10.0 Å². The molecule has 0 unspecified atom stereocenters. The van der Waals surface area contributed by atoms with Crippen molar-refractivity contribution >= 4 is 31.8 Å². The van der Waals surface area contributed by atoms with Crippen LogP contribution in [0.25, 0.3) is 39.0 Å². The molecule has 3 atom stereocenters. The third-order valence-electron chi connectivity index (χ3n) is 12.6. The molecule has 2 bridgehead atoms. The van der Waals surface area contributed by atoms with Crippen LogP contribution in [0.4, 0.5) is 8.78 Å². The lowest BCUT2D eigenvalue weighted by Crippen LogP contribution is -2.54. The minimum absolute atomic E-state index is 0.00284. The van der Waals surface area contributed by atoms with Crippen molar-refractivity contribution in [3.63, 3.8) is 0 Å². The molecular formula is C44H43F2N9O5S. The van der Waals surface area contributed by atoms with Crippen molar-refractivity contribution in [3.8, 4) is 23.3 Å². The fraction of sp³-hybridized carbons (Fsp3) is 0.364. The first-order valence-corrected chi connectivity index (χ1v) is 21.7. The van der Waals surface area contributed by atoms with E-state index in [1.54, 1.807) is 49.7 Å². The van der Waals surface area contributed by atoms with Gasteiger partial charge in [-0.05, 0) is 106 Å². The summed E-state index contributed by atoms with van der Waals surface area (Å²) >= 11 is 0. The number of imidazole rings is 1. The number of ether oxygens (including phenoxy) is 2. The first-order chi connectivity index (χ1) is 29.2. The molecular weight excluding hydrogens is 805 g/mol. The SMILES string of the molecule is Cc1cc(-n2nc3c(c2-n2ccn(-c4ccc5c(cnn5C)c4F)c2=O)[C@@H]2COC[C@H](C3)N2S(=O)(=O)c2cc3cc([C@H]4CCOC(C)(C)C4)ccc3n2CC#N)cc(C)c1F. The second-order valence-corrected chi connectivity index (χ2v) is 18.8. The number of nitriles is 1. The molecule has 17 heteroatoms. The summed E-state index contributed by atoms with van der Waals surface area (Å²) in [4.78, 5) is 14.6. The maximum absolute atomic E-state index is 16.1. The number of aryl methyl sites for hydroxylation is 3. The molecule has 61 heavy (non-hydrogen) atoms. The number of aromatic nitrogens is 7. The van der Waals surface area contributed by atoms with E-state index in [1.165, 1.54) is 47.5 Å². The second kappa shape index (κ2) is 14.1. The summed E-state index contributed by atoms with van der Waals surface area (Å²) in [5.74, 6) is -0.586. The summed E-state index contributed by atoms with van der Waals surface area (Å²) in [5, 5.41) is 20.1. The van der Waals surface area contributed by atoms with Crippen LogP contribution in [-0.4, -0.2) is 77.4 Å². The summed E-state index contributed by atoms with van der Waals surface area (Å²) in [6.45, 7) is 7.86. The minimum Gasteiger partial charge on any atom is -0.378 e. The van der Waals surface area contributed by atoms with E-state index in [2.05, 4.69) is 25.0 Å². The van der Waals surface area contributed by atoms with Crippen molar-refractivity contribution in [2.24, 2.45) is 7.05 Å². The first kappa shape index (κ1) is 39.2. The summed E-state index contributed by atoms with van der Waals surface area (Å²) in [6, 6.07) is 14.5. The number of sulfonamides is 1. The van der Waals surface area contributed by atoms with Gasteiger partial charge in [0.15, 0.2) is 10.8 Å². The molecule has 0 amide bonds. The van der Waals surface area contributed by atoms with Gasteiger partial charge in [-0.1, -0.05) is 6.07 Å². The molecule has 10 rings (SSSR count). The smallest absolute Gasteiger partial charge is 0.338 e. The van der Waals surface area contributed by atoms with Gasteiger partial charge < -0.3 is 14.0 Å². The lowest BCUT2D eigenvalue weighted by atomic mass is 9.83. The molecule has 2 saturated heterocycles. The molecule has 14 nitrogen and oxygen atoms in total. The Labute approximate surface area is 349 Å². The molecule has 4 aromatic heterocycles. The van der Waals surface area contributed by atoms with Gasteiger partial charge in [-0.15, -0.1) is 0 Å². The number of rotatable bonds is 7. The van der Waals surface area contributed by atoms with Crippen LogP contribution in [0.3, 0.4) is 0 Å². The van der Waals surface area contributed by atoms with Crippen molar-refractivity contribution in [1.29, 1.82) is 5.26 Å². The van der Waals surface area contributed by atoms with Crippen molar-refractivity contribution in [1.82, 2.24) is 37.6 Å². The van der Waals surface area contributed by atoms with E-state index in [0.717, 1.165) is 18.4 Å². The molecule has 314 valence electrons. The Morgan fingerprint density at radius 2 is 1.74 bits per heavy atom. The maximum atomic E-state index is 16.1. The predicted octanol–water partition coefficient (Wildman–Crippen LogP) is 6.43. The van der Waals surface area contributed by atoms with Gasteiger partial charge >= 0.3 is 5.69 Å². The lowest BCUT2D eigenvalue weighted by molar-refractivity contribution is -0.0592. The Bertz CT molecular complexity index is 3150. The average molecular weight is 848 g/mol. The highest BCUT2D eigenvalue weighted by molar-refractivity contribution is 7.89. The zero-order valence-electron chi connectivity index (χ0n) is 34.3. The Morgan fingerprint density at radius 3 is 2.49 bits per heavy atom. The van der Waals surface area contributed by atoms with Crippen LogP contribution >= 0.6 is 0 Å². The summed E-state index contributed by atoms with van der Waals surface area (Å²) in [6.07, 6.45) is 6.12. The van der Waals surface area contributed by atoms with Gasteiger partial charge in [0.05, 0.1) is 76.7 Å². The highest BCUT2D eigenvalue weighted by atomic mass is 32.2. The Balaban J connectivity index is 1.14. The fourth-order valence-corrected chi connectivity index (χ4v) is 11.7. The van der Waals surface area contributed by atoms with Crippen molar-refractivity contribution < 1.29 is 26.7 Å². The third-order valence-corrected chi connectivity index (χ3v) is 14.6. The van der Waals surface area contributed by atoms with Gasteiger partial charge in [0.1, 0.15) is 18.2 Å². The van der Waals surface area contributed by atoms with E-state index < -0.39 is 33.6 Å². The largest absolute Gasteiger partial charge is 0.378 e. The number of nitrogens with zero attached hydrogens (tertiary/aromatic N) is 9. The van der Waals surface area contributed by atoms with E-state index in [9.17, 15) is 10.1 Å². The number of fused-ring (bicyclic) bond motifs is 6. The van der Waals surface area contributed by atoms with Crippen LogP contribution in [-0.2, 0) is 39.5 Å². The number of halogens is 2. The molecule has 7 heterocycles. The highest BCUT2D eigenvalue weighted by Crippen LogP contribution is 2.45. The summed E-state index contributed by atoms with van der Waals surface area (Å²) < 4.78 is 82.4. The molecule has 0 aliphatic carbocycles. The van der Waals surface area contributed by atoms with Gasteiger partial charge in [-0.25, -0.2) is 26.7 Å². The number of hydrogen-bond acceptors (Lipinski definition) is 8. The molecule has 0 N–H and O–H groups in total. The van der Waals surface area contributed by atoms with Gasteiger partial charge in [-0.3, -0.25) is 13.8 Å². The summed E-state index contributed by atoms with van der Waals surface area (Å²) in [5.41, 5.74) is 3.44. The van der Waals surface area contributed by atoms with E-state index in [4.69, 9.17) is 14.6 Å². The van der Waals surface area contributed by atoms with Crippen LogP contribution in [0.15, 0.2) is 76.9 Å². The Morgan fingerprint density at radius 1 is 0.984 bits per heavy atom. The molecule has 3 aliphatic rings. The normalized spacial score (nSPS) is 20.3. The standard InChI is InChI=1S/C44H43F2N9O5S/c1-25-16-30(17-26(2)40(25)45)54-42(53-14-13-52(43(53)56)36-9-8-35-32(41(36)46)22-48-50(35)5)39-33(49-54)20-31-23-59-24-37(39)55(31)61(57,58)38-19-29-18-27(6-7-34(29)51(38)12-11-47)28-10-15-60-44(3,4)21-28/h6-9,13-14,16-19,22,28,31,37H,10,12,15,20-21,23-24H2,1-5H3/t28-,31-,37-/m0/s1. The summed E-state index contributed by atoms with van der Waals surface area (Å²) in [7, 11) is -2.67. The van der Waals surface area contributed by atoms with Crippen LogP contribution in [0, 0.1) is 36.8 Å². The Hall–Kier alpha value is -5.93. The van der Waals surface area contributed by atoms with E-state index >= 15 is 17.2 Å². The molecule has 3 aliphatic heterocycles. The van der Waals surface area contributed by atoms with Crippen LogP contribution in [0.2, 0.25) is 0 Å². The van der Waals surface area contributed by atoms with Gasteiger partial charge in [0, 0.05) is 43.4 Å². The van der Waals surface area contributed by atoms with Crippen LogP contribution < -0.4 is 5.69 Å². The van der Waals surface area contributed by atoms with Gasteiger partial charge in [0.2, 0.25) is 0 Å². The molecule has 7 aromatic rings. The Kier molecular flexibility index (Phi) is 9.04. The van der Waals surface area contributed by atoms with Gasteiger partial charge in [-0.2, -0.15) is 19.8 Å².